The molecule has 1 spiro atoms. The third kappa shape index (κ3) is 3.36. The molecule has 6 heteroatoms. The number of anilines is 1. The predicted molar refractivity (Wildman–Crippen MR) is 130 cm³/mol. The zero-order valence-electron chi connectivity index (χ0n) is 17.9. The van der Waals surface area contributed by atoms with Crippen LogP contribution in [-0.4, -0.2) is 18.1 Å². The first-order valence-corrected chi connectivity index (χ1v) is 11.6. The van der Waals surface area contributed by atoms with Crippen molar-refractivity contribution in [2.24, 2.45) is 11.1 Å². The highest BCUT2D eigenvalue weighted by Gasteiger charge is 2.45. The number of nitriles is 1. The van der Waals surface area contributed by atoms with Crippen molar-refractivity contribution in [2.45, 2.75) is 32.2 Å². The highest BCUT2D eigenvalue weighted by atomic mass is 35.5. The summed E-state index contributed by atoms with van der Waals surface area (Å²) in [6.07, 6.45) is 3.06. The van der Waals surface area contributed by atoms with E-state index in [1.54, 1.807) is 6.07 Å². The van der Waals surface area contributed by atoms with Crippen LogP contribution in [0.2, 0.25) is 10.0 Å². The summed E-state index contributed by atoms with van der Waals surface area (Å²) >= 11 is 12.7. The summed E-state index contributed by atoms with van der Waals surface area (Å²) in [7, 11) is 0. The molecular formula is C26H24Cl2N4. The summed E-state index contributed by atoms with van der Waals surface area (Å²) in [6, 6.07) is 18.3. The van der Waals surface area contributed by atoms with Crippen LogP contribution in [-0.2, 0) is 6.42 Å². The summed E-state index contributed by atoms with van der Waals surface area (Å²) in [5, 5.41) is 10.8. The van der Waals surface area contributed by atoms with Gasteiger partial charge in [-0.2, -0.15) is 5.26 Å². The number of hydrogen-bond donors (Lipinski definition) is 1. The normalized spacial score (nSPS) is 19.1. The first-order valence-electron chi connectivity index (χ1n) is 10.9. The molecule has 2 aliphatic rings. The maximum Gasteiger partial charge on any atom is 0.130 e. The standard InChI is InChI=1S/C26H24Cl2N4/c1-16-23(20-7-4-8-21(27)24(20)28)18(15-29)13-22(31-16)32-11-9-26(10-12-32)14-17-5-2-3-6-19(17)25(26)30/h2-8,13,25H,9-12,14,30H2,1H3/t25-/m1/s1. The lowest BCUT2D eigenvalue weighted by molar-refractivity contribution is 0.187. The highest BCUT2D eigenvalue weighted by molar-refractivity contribution is 6.43. The quantitative estimate of drug-likeness (QED) is 0.500. The van der Waals surface area contributed by atoms with Gasteiger partial charge in [0.25, 0.3) is 0 Å². The molecule has 1 saturated heterocycles. The van der Waals surface area contributed by atoms with Crippen molar-refractivity contribution in [2.75, 3.05) is 18.0 Å². The summed E-state index contributed by atoms with van der Waals surface area (Å²) in [4.78, 5) is 7.14. The zero-order chi connectivity index (χ0) is 22.5. The minimum absolute atomic E-state index is 0.0811. The van der Waals surface area contributed by atoms with Crippen molar-refractivity contribution >= 4 is 29.0 Å². The molecule has 32 heavy (non-hydrogen) atoms. The second kappa shape index (κ2) is 8.08. The summed E-state index contributed by atoms with van der Waals surface area (Å²) < 4.78 is 0. The van der Waals surface area contributed by atoms with E-state index in [1.807, 2.05) is 25.1 Å². The average Bonchev–Trinajstić information content (AvgIpc) is 3.07. The van der Waals surface area contributed by atoms with E-state index in [2.05, 4.69) is 35.2 Å². The molecular weight excluding hydrogens is 439 g/mol. The molecule has 1 aromatic heterocycles. The molecule has 0 bridgehead atoms. The number of pyridine rings is 1. The summed E-state index contributed by atoms with van der Waals surface area (Å²) in [6.45, 7) is 3.67. The van der Waals surface area contributed by atoms with Crippen LogP contribution in [0.4, 0.5) is 5.82 Å². The van der Waals surface area contributed by atoms with Gasteiger partial charge >= 0.3 is 0 Å². The predicted octanol–water partition coefficient (Wildman–Crippen LogP) is 6.08. The zero-order valence-corrected chi connectivity index (χ0v) is 19.4. The number of hydrogen-bond acceptors (Lipinski definition) is 4. The number of rotatable bonds is 2. The second-order valence-electron chi connectivity index (χ2n) is 8.90. The number of nitrogens with zero attached hydrogens (tertiary/aromatic N) is 3. The molecule has 1 fully saturated rings. The van der Waals surface area contributed by atoms with E-state index in [4.69, 9.17) is 33.9 Å². The molecule has 0 radical (unpaired) electrons. The molecule has 2 heterocycles. The Balaban J connectivity index is 1.42. The minimum atomic E-state index is 0.0811. The lowest BCUT2D eigenvalue weighted by atomic mass is 9.73. The maximum atomic E-state index is 9.90. The maximum absolute atomic E-state index is 9.90. The van der Waals surface area contributed by atoms with Crippen molar-refractivity contribution in [1.29, 1.82) is 5.26 Å². The highest BCUT2D eigenvalue weighted by Crippen LogP contribution is 2.51. The SMILES string of the molecule is Cc1nc(N2CCC3(CC2)Cc2ccccc2[C@H]3N)cc(C#N)c1-c1cccc(Cl)c1Cl. The van der Waals surface area contributed by atoms with Crippen LogP contribution >= 0.6 is 23.2 Å². The number of benzene rings is 2. The van der Waals surface area contributed by atoms with E-state index >= 15 is 0 Å². The van der Waals surface area contributed by atoms with Gasteiger partial charge in [0, 0.05) is 36.0 Å². The molecule has 5 rings (SSSR count). The molecule has 162 valence electrons. The molecule has 4 nitrogen and oxygen atoms in total. The Kier molecular flexibility index (Phi) is 5.37. The van der Waals surface area contributed by atoms with Gasteiger partial charge in [0.1, 0.15) is 5.82 Å². The van der Waals surface area contributed by atoms with E-state index in [0.29, 0.717) is 15.6 Å². The van der Waals surface area contributed by atoms with Gasteiger partial charge in [-0.05, 0) is 54.9 Å². The first kappa shape index (κ1) is 21.3. The average molecular weight is 463 g/mol. The minimum Gasteiger partial charge on any atom is -0.357 e. The van der Waals surface area contributed by atoms with E-state index in [9.17, 15) is 5.26 Å². The number of halogens is 2. The third-order valence-electron chi connectivity index (χ3n) is 7.20. The molecule has 0 saturated carbocycles. The van der Waals surface area contributed by atoms with Crippen LogP contribution in [0, 0.1) is 23.7 Å². The van der Waals surface area contributed by atoms with Crippen LogP contribution in [0.15, 0.2) is 48.5 Å². The number of aromatic nitrogens is 1. The lowest BCUT2D eigenvalue weighted by Crippen LogP contribution is -2.44. The van der Waals surface area contributed by atoms with Crippen LogP contribution in [0.3, 0.4) is 0 Å². The fourth-order valence-corrected chi connectivity index (χ4v) is 5.82. The van der Waals surface area contributed by atoms with E-state index < -0.39 is 0 Å². The van der Waals surface area contributed by atoms with Crippen molar-refractivity contribution < 1.29 is 0 Å². The fraction of sp³-hybridized carbons (Fsp3) is 0.308. The van der Waals surface area contributed by atoms with Gasteiger partial charge in [0.15, 0.2) is 0 Å². The third-order valence-corrected chi connectivity index (χ3v) is 8.02. The molecule has 1 atom stereocenters. The monoisotopic (exact) mass is 462 g/mol. The van der Waals surface area contributed by atoms with E-state index in [0.717, 1.165) is 55.0 Å². The molecule has 0 unspecified atom stereocenters. The van der Waals surface area contributed by atoms with Crippen molar-refractivity contribution in [1.82, 2.24) is 4.98 Å². The van der Waals surface area contributed by atoms with Crippen molar-refractivity contribution in [3.63, 3.8) is 0 Å². The van der Waals surface area contributed by atoms with Crippen LogP contribution in [0.25, 0.3) is 11.1 Å². The Morgan fingerprint density at radius 3 is 2.59 bits per heavy atom. The van der Waals surface area contributed by atoms with Crippen LogP contribution < -0.4 is 10.6 Å². The van der Waals surface area contributed by atoms with Crippen molar-refractivity contribution in [3.05, 3.63) is 81.0 Å². The molecule has 2 aromatic carbocycles. The Morgan fingerprint density at radius 1 is 1.12 bits per heavy atom. The van der Waals surface area contributed by atoms with Gasteiger partial charge in [0.05, 0.1) is 21.7 Å². The van der Waals surface area contributed by atoms with Gasteiger partial charge < -0.3 is 10.6 Å². The molecule has 3 aromatic rings. The summed E-state index contributed by atoms with van der Waals surface area (Å²) in [5.74, 6) is 0.833. The van der Waals surface area contributed by atoms with E-state index in [1.165, 1.54) is 11.1 Å². The Bertz CT molecular complexity index is 1240. The van der Waals surface area contributed by atoms with E-state index in [-0.39, 0.29) is 11.5 Å². The Morgan fingerprint density at radius 2 is 1.88 bits per heavy atom. The Hall–Kier alpha value is -2.58. The van der Waals surface area contributed by atoms with Crippen molar-refractivity contribution in [3.8, 4) is 17.2 Å². The first-order chi connectivity index (χ1) is 15.4. The second-order valence-corrected chi connectivity index (χ2v) is 9.69. The summed E-state index contributed by atoms with van der Waals surface area (Å²) in [5.41, 5.74) is 12.3. The number of nitrogens with two attached hydrogens (primary N) is 1. The number of fused-ring (bicyclic) bond motifs is 1. The van der Waals surface area contributed by atoms with Gasteiger partial charge in [-0.25, -0.2) is 4.98 Å². The molecule has 0 amide bonds. The largest absolute Gasteiger partial charge is 0.357 e. The van der Waals surface area contributed by atoms with Gasteiger partial charge in [-0.15, -0.1) is 0 Å². The molecule has 2 N–H and O–H groups in total. The van der Waals surface area contributed by atoms with Gasteiger partial charge in [0.2, 0.25) is 0 Å². The smallest absolute Gasteiger partial charge is 0.130 e. The van der Waals surface area contributed by atoms with Crippen LogP contribution in [0.1, 0.15) is 41.3 Å². The Labute approximate surface area is 198 Å². The van der Waals surface area contributed by atoms with Gasteiger partial charge in [-0.3, -0.25) is 0 Å². The molecule has 1 aliphatic heterocycles. The lowest BCUT2D eigenvalue weighted by Gasteiger charge is -2.42. The number of piperidine rings is 1. The fourth-order valence-electron chi connectivity index (χ4n) is 5.43. The molecule has 1 aliphatic carbocycles. The van der Waals surface area contributed by atoms with Gasteiger partial charge in [-0.1, -0.05) is 59.6 Å². The topological polar surface area (TPSA) is 65.9 Å². The van der Waals surface area contributed by atoms with Crippen LogP contribution in [0.5, 0.6) is 0 Å². The number of aryl methyl sites for hydroxylation is 1.